The molecule has 2 aromatic carbocycles. The Balaban J connectivity index is 1.57. The Hall–Kier alpha value is -2.82. The number of benzene rings is 2. The van der Waals surface area contributed by atoms with Crippen LogP contribution >= 0.6 is 0 Å². The molecule has 1 aliphatic rings. The third-order valence-electron chi connectivity index (χ3n) is 4.60. The average molecular weight is 352 g/mol. The summed E-state index contributed by atoms with van der Waals surface area (Å²) in [5.74, 6) is -0.517. The first-order chi connectivity index (χ1) is 12.6. The lowest BCUT2D eigenvalue weighted by molar-refractivity contribution is -0.136. The van der Waals surface area contributed by atoms with E-state index >= 15 is 0 Å². The predicted octanol–water partition coefficient (Wildman–Crippen LogP) is 3.39. The number of nitrogens with one attached hydrogen (secondary N) is 2. The maximum Gasteiger partial charge on any atom is 0.313 e. The quantitative estimate of drug-likeness (QED) is 0.811. The van der Waals surface area contributed by atoms with E-state index in [-0.39, 0.29) is 6.04 Å². The van der Waals surface area contributed by atoms with Crippen LogP contribution in [-0.4, -0.2) is 18.4 Å². The number of aryl methyl sites for hydroxylation is 2. The Morgan fingerprint density at radius 2 is 1.77 bits per heavy atom. The Bertz CT molecular complexity index is 799. The van der Waals surface area contributed by atoms with Gasteiger partial charge in [-0.25, -0.2) is 0 Å². The van der Waals surface area contributed by atoms with Crippen LogP contribution in [0, 0.1) is 0 Å². The van der Waals surface area contributed by atoms with Crippen molar-refractivity contribution >= 4 is 17.5 Å². The molecular weight excluding hydrogens is 328 g/mol. The molecule has 0 saturated heterocycles. The van der Waals surface area contributed by atoms with Crippen molar-refractivity contribution in [3.05, 3.63) is 59.2 Å². The van der Waals surface area contributed by atoms with Gasteiger partial charge in [0.25, 0.3) is 0 Å². The van der Waals surface area contributed by atoms with E-state index in [2.05, 4.69) is 10.6 Å². The molecule has 5 heteroatoms. The highest BCUT2D eigenvalue weighted by Gasteiger charge is 2.18. The maximum absolute atomic E-state index is 12.2. The van der Waals surface area contributed by atoms with Gasteiger partial charge in [-0.2, -0.15) is 0 Å². The topological polar surface area (TPSA) is 67.4 Å². The number of hydrogen-bond acceptors (Lipinski definition) is 3. The molecule has 0 unspecified atom stereocenters. The summed E-state index contributed by atoms with van der Waals surface area (Å²) < 4.78 is 5.41. The van der Waals surface area contributed by atoms with Gasteiger partial charge in [0.1, 0.15) is 5.75 Å². The van der Waals surface area contributed by atoms with Gasteiger partial charge < -0.3 is 15.4 Å². The summed E-state index contributed by atoms with van der Waals surface area (Å²) in [5.41, 5.74) is 4.16. The van der Waals surface area contributed by atoms with Crippen LogP contribution in [0.25, 0.3) is 0 Å². The van der Waals surface area contributed by atoms with E-state index in [0.29, 0.717) is 12.3 Å². The highest BCUT2D eigenvalue weighted by Crippen LogP contribution is 2.25. The molecule has 5 nitrogen and oxygen atoms in total. The first-order valence-electron chi connectivity index (χ1n) is 9.03. The van der Waals surface area contributed by atoms with Crippen LogP contribution in [-0.2, 0) is 22.4 Å². The summed E-state index contributed by atoms with van der Waals surface area (Å²) in [7, 11) is 0. The molecule has 0 radical (unpaired) electrons. The lowest BCUT2D eigenvalue weighted by atomic mass is 10.1. The largest absolute Gasteiger partial charge is 0.494 e. The van der Waals surface area contributed by atoms with Gasteiger partial charge in [-0.1, -0.05) is 18.2 Å². The molecule has 0 bridgehead atoms. The van der Waals surface area contributed by atoms with E-state index < -0.39 is 11.8 Å². The molecule has 0 saturated carbocycles. The zero-order chi connectivity index (χ0) is 18.5. The molecule has 0 heterocycles. The van der Waals surface area contributed by atoms with Gasteiger partial charge in [-0.15, -0.1) is 0 Å². The van der Waals surface area contributed by atoms with E-state index in [0.717, 1.165) is 30.6 Å². The number of carbonyl (C=O) groups excluding carboxylic acids is 2. The van der Waals surface area contributed by atoms with Gasteiger partial charge in [0.15, 0.2) is 0 Å². The van der Waals surface area contributed by atoms with E-state index in [1.54, 1.807) is 0 Å². The second-order valence-corrected chi connectivity index (χ2v) is 6.49. The Labute approximate surface area is 153 Å². The minimum atomic E-state index is -0.652. The number of hydrogen-bond donors (Lipinski definition) is 2. The monoisotopic (exact) mass is 352 g/mol. The molecule has 1 aliphatic carbocycles. The number of anilines is 1. The second-order valence-electron chi connectivity index (χ2n) is 6.49. The predicted molar refractivity (Wildman–Crippen MR) is 101 cm³/mol. The van der Waals surface area contributed by atoms with Crippen LogP contribution in [0.2, 0.25) is 0 Å². The fourth-order valence-electron chi connectivity index (χ4n) is 3.20. The number of carbonyl (C=O) groups is 2. The number of fused-ring (bicyclic) bond motifs is 1. The van der Waals surface area contributed by atoms with E-state index in [1.165, 1.54) is 11.1 Å². The van der Waals surface area contributed by atoms with Crippen molar-refractivity contribution in [2.75, 3.05) is 11.9 Å². The van der Waals surface area contributed by atoms with Crippen LogP contribution < -0.4 is 15.4 Å². The third-order valence-corrected chi connectivity index (χ3v) is 4.60. The zero-order valence-electron chi connectivity index (χ0n) is 15.2. The van der Waals surface area contributed by atoms with Gasteiger partial charge in [-0.05, 0) is 74.1 Å². The maximum atomic E-state index is 12.2. The van der Waals surface area contributed by atoms with Crippen molar-refractivity contribution < 1.29 is 14.3 Å². The van der Waals surface area contributed by atoms with Gasteiger partial charge in [0, 0.05) is 5.69 Å². The highest BCUT2D eigenvalue weighted by atomic mass is 16.5. The van der Waals surface area contributed by atoms with Gasteiger partial charge >= 0.3 is 11.8 Å². The Morgan fingerprint density at radius 1 is 1.04 bits per heavy atom. The zero-order valence-corrected chi connectivity index (χ0v) is 15.2. The summed E-state index contributed by atoms with van der Waals surface area (Å²) in [6, 6.07) is 13.0. The molecule has 0 aliphatic heterocycles. The van der Waals surface area contributed by atoms with Crippen LogP contribution in [0.4, 0.5) is 5.69 Å². The van der Waals surface area contributed by atoms with Crippen LogP contribution in [0.15, 0.2) is 42.5 Å². The molecule has 136 valence electrons. The molecule has 0 aromatic heterocycles. The summed E-state index contributed by atoms with van der Waals surface area (Å²) >= 11 is 0. The van der Waals surface area contributed by atoms with Crippen molar-refractivity contribution in [1.82, 2.24) is 5.32 Å². The molecule has 0 spiro atoms. The first kappa shape index (κ1) is 18.0. The minimum absolute atomic E-state index is 0.274. The summed E-state index contributed by atoms with van der Waals surface area (Å²) in [6.07, 6.45) is 3.26. The highest BCUT2D eigenvalue weighted by molar-refractivity contribution is 6.39. The number of amides is 2. The fraction of sp³-hybridized carbons (Fsp3) is 0.333. The summed E-state index contributed by atoms with van der Waals surface area (Å²) in [6.45, 7) is 4.38. The Morgan fingerprint density at radius 3 is 2.50 bits per heavy atom. The molecule has 2 aromatic rings. The Kier molecular flexibility index (Phi) is 5.56. The standard InChI is InChI=1S/C21H24N2O3/c1-3-26-19-11-8-15(9-12-19)14(2)22-20(24)21(25)23-18-10-7-16-5-4-6-17(16)13-18/h7-14H,3-6H2,1-2H3,(H,22,24)(H,23,25)/t14-/m1/s1. The number of rotatable bonds is 5. The van der Waals surface area contributed by atoms with Crippen molar-refractivity contribution in [3.8, 4) is 5.75 Å². The second kappa shape index (κ2) is 8.04. The van der Waals surface area contributed by atoms with Crippen molar-refractivity contribution in [1.29, 1.82) is 0 Å². The molecule has 3 rings (SSSR count). The van der Waals surface area contributed by atoms with Crippen LogP contribution in [0.3, 0.4) is 0 Å². The molecule has 26 heavy (non-hydrogen) atoms. The van der Waals surface area contributed by atoms with E-state index in [9.17, 15) is 9.59 Å². The lowest BCUT2D eigenvalue weighted by Gasteiger charge is -2.15. The van der Waals surface area contributed by atoms with Gasteiger partial charge in [0.2, 0.25) is 0 Å². The van der Waals surface area contributed by atoms with Gasteiger partial charge in [-0.3, -0.25) is 9.59 Å². The average Bonchev–Trinajstić information content (AvgIpc) is 3.10. The van der Waals surface area contributed by atoms with Gasteiger partial charge in [0.05, 0.1) is 12.6 Å². The summed E-state index contributed by atoms with van der Waals surface area (Å²) in [4.78, 5) is 24.4. The SMILES string of the molecule is CCOc1ccc([C@@H](C)NC(=O)C(=O)Nc2ccc3c(c2)CCC3)cc1. The van der Waals surface area contributed by atoms with E-state index in [1.807, 2.05) is 56.3 Å². The van der Waals surface area contributed by atoms with E-state index in [4.69, 9.17) is 4.74 Å². The minimum Gasteiger partial charge on any atom is -0.494 e. The molecule has 0 fully saturated rings. The molecule has 2 amide bonds. The normalized spacial score (nSPS) is 13.6. The molecule has 2 N–H and O–H groups in total. The van der Waals surface area contributed by atoms with Crippen molar-refractivity contribution in [2.24, 2.45) is 0 Å². The van der Waals surface area contributed by atoms with Crippen LogP contribution in [0.5, 0.6) is 5.75 Å². The van der Waals surface area contributed by atoms with Crippen molar-refractivity contribution in [3.63, 3.8) is 0 Å². The third kappa shape index (κ3) is 4.23. The van der Waals surface area contributed by atoms with Crippen molar-refractivity contribution in [2.45, 2.75) is 39.2 Å². The molecule has 1 atom stereocenters. The smallest absolute Gasteiger partial charge is 0.313 e. The first-order valence-corrected chi connectivity index (χ1v) is 9.03. The molecular formula is C21H24N2O3. The fourth-order valence-corrected chi connectivity index (χ4v) is 3.20. The van der Waals surface area contributed by atoms with Crippen LogP contribution in [0.1, 0.15) is 43.0 Å². The summed E-state index contributed by atoms with van der Waals surface area (Å²) in [5, 5.41) is 5.41. The lowest BCUT2D eigenvalue weighted by Crippen LogP contribution is -2.36. The number of ether oxygens (including phenoxy) is 1.